The Morgan fingerprint density at radius 1 is 1.07 bits per heavy atom. The highest BCUT2D eigenvalue weighted by atomic mass is 32.2. The highest BCUT2D eigenvalue weighted by molar-refractivity contribution is 7.91. The van der Waals surface area contributed by atoms with Crippen molar-refractivity contribution in [3.05, 3.63) is 89.2 Å². The number of aliphatic hydroxyl groups excluding tert-OH is 1. The summed E-state index contributed by atoms with van der Waals surface area (Å²) in [4.78, 5) is 14.6. The van der Waals surface area contributed by atoms with Gasteiger partial charge in [-0.05, 0) is 60.2 Å². The van der Waals surface area contributed by atoms with Crippen LogP contribution >= 0.6 is 0 Å². The molecule has 45 heavy (non-hydrogen) atoms. The van der Waals surface area contributed by atoms with Gasteiger partial charge in [0, 0.05) is 12.1 Å². The molecule has 1 fully saturated rings. The van der Waals surface area contributed by atoms with Crippen molar-refractivity contribution in [1.29, 1.82) is 0 Å². The van der Waals surface area contributed by atoms with E-state index >= 15 is 4.39 Å². The number of carbonyl (C=O) groups is 1. The fourth-order valence-electron chi connectivity index (χ4n) is 4.94. The van der Waals surface area contributed by atoms with Gasteiger partial charge in [-0.2, -0.15) is 22.0 Å². The van der Waals surface area contributed by atoms with Crippen LogP contribution in [-0.4, -0.2) is 63.7 Å². The van der Waals surface area contributed by atoms with Gasteiger partial charge in [0.25, 0.3) is 5.91 Å². The average Bonchev–Trinajstić information content (AvgIpc) is 3.41. The first-order valence-electron chi connectivity index (χ1n) is 13.8. The summed E-state index contributed by atoms with van der Waals surface area (Å²) in [6, 6.07) is 11.5. The molecule has 0 aromatic heterocycles. The number of sulfone groups is 1. The van der Waals surface area contributed by atoms with Crippen molar-refractivity contribution < 1.29 is 54.1 Å². The molecule has 0 radical (unpaired) electrons. The van der Waals surface area contributed by atoms with Crippen molar-refractivity contribution in [3.63, 3.8) is 0 Å². The normalized spacial score (nSPS) is 17.8. The molecule has 4 rings (SSSR count). The number of carbonyl (C=O) groups excluding carboxylic acids is 1. The minimum Gasteiger partial charge on any atom is -0.489 e. The van der Waals surface area contributed by atoms with E-state index in [4.69, 9.17) is 4.74 Å². The lowest BCUT2D eigenvalue weighted by atomic mass is 10.1. The Bertz CT molecular complexity index is 1570. The average molecular weight is 661 g/mol. The number of ether oxygens (including phenoxy) is 2. The van der Waals surface area contributed by atoms with Crippen LogP contribution in [0.5, 0.6) is 5.75 Å². The number of halogens is 6. The van der Waals surface area contributed by atoms with Crippen molar-refractivity contribution in [3.8, 4) is 5.75 Å². The molecule has 2 N–H and O–H groups in total. The summed E-state index contributed by atoms with van der Waals surface area (Å²) in [5.41, 5.74) is -0.635. The first-order valence-corrected chi connectivity index (χ1v) is 15.4. The molecule has 1 amide bonds. The molecule has 1 unspecified atom stereocenters. The molecule has 15 heteroatoms. The molecule has 0 aliphatic carbocycles. The lowest BCUT2D eigenvalue weighted by molar-refractivity contribution is -0.137. The number of hydrogen-bond donors (Lipinski definition) is 2. The summed E-state index contributed by atoms with van der Waals surface area (Å²) >= 11 is 0. The fourth-order valence-corrected chi connectivity index (χ4v) is 5.83. The second-order valence-electron chi connectivity index (χ2n) is 10.2. The molecular weight excluding hydrogens is 630 g/mol. The number of alkyl halides is 5. The van der Waals surface area contributed by atoms with E-state index in [1.54, 1.807) is 4.90 Å². The van der Waals surface area contributed by atoms with Gasteiger partial charge in [-0.15, -0.1) is 0 Å². The number of amides is 1. The van der Waals surface area contributed by atoms with Crippen LogP contribution in [0, 0.1) is 5.82 Å². The van der Waals surface area contributed by atoms with Gasteiger partial charge in [0.15, 0.2) is 9.84 Å². The SMILES string of the molecule is CCS(=O)(=O)c1ccc([C@H](CO)NC(=O)c2ccc(N3CC(Oc4ccc(C(F)(F)F)cc4)C[C@H]3COC(F)F)cc2F)cc1. The van der Waals surface area contributed by atoms with Gasteiger partial charge in [-0.3, -0.25) is 4.79 Å². The lowest BCUT2D eigenvalue weighted by Gasteiger charge is -2.26. The van der Waals surface area contributed by atoms with Gasteiger partial charge in [0.05, 0.1) is 53.6 Å². The zero-order chi connectivity index (χ0) is 32.9. The number of anilines is 1. The van der Waals surface area contributed by atoms with Gasteiger partial charge in [0.2, 0.25) is 0 Å². The molecule has 3 aromatic rings. The molecule has 244 valence electrons. The smallest absolute Gasteiger partial charge is 0.416 e. The van der Waals surface area contributed by atoms with Crippen molar-refractivity contribution in [2.75, 3.05) is 30.4 Å². The Kier molecular flexibility index (Phi) is 10.7. The van der Waals surface area contributed by atoms with Crippen LogP contribution in [0.15, 0.2) is 71.6 Å². The molecule has 3 aromatic carbocycles. The zero-order valence-corrected chi connectivity index (χ0v) is 24.6. The summed E-state index contributed by atoms with van der Waals surface area (Å²) in [6.45, 7) is -2.54. The van der Waals surface area contributed by atoms with Crippen LogP contribution in [0.25, 0.3) is 0 Å². The predicted octanol–water partition coefficient (Wildman–Crippen LogP) is 5.37. The first kappa shape index (κ1) is 34.1. The van der Waals surface area contributed by atoms with Crippen molar-refractivity contribution in [2.24, 2.45) is 0 Å². The fraction of sp³-hybridized carbons (Fsp3) is 0.367. The quantitative estimate of drug-likeness (QED) is 0.252. The van der Waals surface area contributed by atoms with E-state index in [-0.39, 0.29) is 40.6 Å². The van der Waals surface area contributed by atoms with E-state index in [1.165, 1.54) is 43.3 Å². The third kappa shape index (κ3) is 8.47. The number of nitrogens with one attached hydrogen (secondary N) is 1. The third-order valence-electron chi connectivity index (χ3n) is 7.31. The minimum atomic E-state index is -4.53. The molecule has 0 bridgehead atoms. The van der Waals surface area contributed by atoms with Gasteiger partial charge in [-0.25, -0.2) is 12.8 Å². The third-order valence-corrected chi connectivity index (χ3v) is 9.06. The number of nitrogens with zero attached hydrogens (tertiary/aromatic N) is 1. The number of benzene rings is 3. The summed E-state index contributed by atoms with van der Waals surface area (Å²) in [5.74, 6) is -1.80. The maximum Gasteiger partial charge on any atom is 0.416 e. The molecule has 0 saturated carbocycles. The van der Waals surface area contributed by atoms with Crippen LogP contribution in [-0.2, 0) is 20.8 Å². The van der Waals surface area contributed by atoms with Crippen LogP contribution in [0.2, 0.25) is 0 Å². The Morgan fingerprint density at radius 2 is 1.73 bits per heavy atom. The molecular formula is C30H30F6N2O6S. The van der Waals surface area contributed by atoms with Crippen LogP contribution in [0.3, 0.4) is 0 Å². The van der Waals surface area contributed by atoms with E-state index in [9.17, 15) is 40.3 Å². The summed E-state index contributed by atoms with van der Waals surface area (Å²) in [5, 5.41) is 12.4. The molecule has 8 nitrogen and oxygen atoms in total. The van der Waals surface area contributed by atoms with E-state index in [0.29, 0.717) is 5.56 Å². The second-order valence-corrected chi connectivity index (χ2v) is 12.5. The van der Waals surface area contributed by atoms with Crippen LogP contribution in [0.4, 0.5) is 32.0 Å². The predicted molar refractivity (Wildman–Crippen MR) is 151 cm³/mol. The Hall–Kier alpha value is -3.82. The zero-order valence-electron chi connectivity index (χ0n) is 23.8. The van der Waals surface area contributed by atoms with E-state index in [1.807, 2.05) is 0 Å². The number of aliphatic hydroxyl groups is 1. The minimum absolute atomic E-state index is 0.0552. The van der Waals surface area contributed by atoms with E-state index in [2.05, 4.69) is 10.1 Å². The lowest BCUT2D eigenvalue weighted by Crippen LogP contribution is -2.34. The van der Waals surface area contributed by atoms with E-state index < -0.39 is 71.3 Å². The standard InChI is InChI=1S/C30H30F6N2O6S/c1-2-45(41,42)24-10-3-18(4-11-24)27(16-39)37-28(40)25-12-7-20(14-26(25)31)38-15-23(13-21(38)17-43-29(32)33)44-22-8-5-19(6-9-22)30(34,35)36/h3-12,14,21,23,27,29,39H,2,13,15-17H2,1H3,(H,37,40)/t21-,23?,27-/m0/s1. The summed E-state index contributed by atoms with van der Waals surface area (Å²) in [6.07, 6.45) is -5.06. The Morgan fingerprint density at radius 3 is 2.29 bits per heavy atom. The molecule has 0 spiro atoms. The van der Waals surface area contributed by atoms with Crippen molar-refractivity contribution in [2.45, 2.75) is 49.2 Å². The molecule has 1 saturated heterocycles. The summed E-state index contributed by atoms with van der Waals surface area (Å²) in [7, 11) is -3.46. The topological polar surface area (TPSA) is 105 Å². The number of rotatable bonds is 12. The Balaban J connectivity index is 1.48. The largest absolute Gasteiger partial charge is 0.489 e. The van der Waals surface area contributed by atoms with Crippen molar-refractivity contribution in [1.82, 2.24) is 5.32 Å². The first-order chi connectivity index (χ1) is 21.2. The highest BCUT2D eigenvalue weighted by Crippen LogP contribution is 2.33. The van der Waals surface area contributed by atoms with Crippen molar-refractivity contribution >= 4 is 21.4 Å². The summed E-state index contributed by atoms with van der Waals surface area (Å²) < 4.78 is 114. The van der Waals surface area contributed by atoms with Gasteiger partial charge >= 0.3 is 12.8 Å². The second kappa shape index (κ2) is 14.1. The van der Waals surface area contributed by atoms with E-state index in [0.717, 1.165) is 30.3 Å². The maximum absolute atomic E-state index is 15.3. The monoisotopic (exact) mass is 660 g/mol. The number of hydrogen-bond acceptors (Lipinski definition) is 7. The van der Waals surface area contributed by atoms with Gasteiger partial charge < -0.3 is 24.8 Å². The van der Waals surface area contributed by atoms with Gasteiger partial charge in [-0.1, -0.05) is 19.1 Å². The van der Waals surface area contributed by atoms with Crippen LogP contribution in [0.1, 0.15) is 40.9 Å². The molecule has 1 heterocycles. The molecule has 3 atom stereocenters. The maximum atomic E-state index is 15.3. The highest BCUT2D eigenvalue weighted by Gasteiger charge is 2.36. The molecule has 1 aliphatic heterocycles. The molecule has 1 aliphatic rings. The van der Waals surface area contributed by atoms with Gasteiger partial charge in [0.1, 0.15) is 17.7 Å². The van der Waals surface area contributed by atoms with Crippen LogP contribution < -0.4 is 15.0 Å². The Labute approximate surface area is 255 Å².